The highest BCUT2D eigenvalue weighted by atomic mass is 16.5. The minimum absolute atomic E-state index is 0.127. The van der Waals surface area contributed by atoms with Crippen LogP contribution in [0.3, 0.4) is 0 Å². The van der Waals surface area contributed by atoms with Gasteiger partial charge in [0, 0.05) is 6.04 Å². The highest BCUT2D eigenvalue weighted by Crippen LogP contribution is 2.30. The average Bonchev–Trinajstić information content (AvgIpc) is 2.34. The van der Waals surface area contributed by atoms with Gasteiger partial charge in [-0.1, -0.05) is 46.8 Å². The van der Waals surface area contributed by atoms with Gasteiger partial charge in [-0.3, -0.25) is 0 Å². The van der Waals surface area contributed by atoms with Crippen LogP contribution in [0.2, 0.25) is 0 Å². The summed E-state index contributed by atoms with van der Waals surface area (Å²) in [7, 11) is 0. The fourth-order valence-corrected chi connectivity index (χ4v) is 1.87. The first kappa shape index (κ1) is 15.0. The van der Waals surface area contributed by atoms with Gasteiger partial charge in [0.1, 0.15) is 5.75 Å². The van der Waals surface area contributed by atoms with E-state index in [0.29, 0.717) is 11.8 Å². The maximum atomic E-state index is 6.09. The summed E-state index contributed by atoms with van der Waals surface area (Å²) in [4.78, 5) is 0. The largest absolute Gasteiger partial charge is 0.493 e. The molecule has 0 fully saturated rings. The Morgan fingerprint density at radius 1 is 1.17 bits per heavy atom. The maximum absolute atomic E-state index is 6.09. The van der Waals surface area contributed by atoms with Gasteiger partial charge in [0.2, 0.25) is 0 Å². The summed E-state index contributed by atoms with van der Waals surface area (Å²) in [6.07, 6.45) is 0.962. The van der Waals surface area contributed by atoms with Crippen LogP contribution in [0.25, 0.3) is 0 Å². The Kier molecular flexibility index (Phi) is 5.67. The molecule has 0 saturated heterocycles. The van der Waals surface area contributed by atoms with Crippen molar-refractivity contribution < 1.29 is 4.74 Å². The molecule has 2 heteroatoms. The van der Waals surface area contributed by atoms with Gasteiger partial charge in [0.15, 0.2) is 0 Å². The molecule has 0 bridgehead atoms. The molecule has 2 nitrogen and oxygen atoms in total. The van der Waals surface area contributed by atoms with Crippen molar-refractivity contribution in [3.63, 3.8) is 0 Å². The van der Waals surface area contributed by atoms with E-state index in [1.54, 1.807) is 0 Å². The Labute approximate surface area is 112 Å². The van der Waals surface area contributed by atoms with Crippen molar-refractivity contribution in [1.82, 2.24) is 0 Å². The van der Waals surface area contributed by atoms with Gasteiger partial charge < -0.3 is 10.5 Å². The van der Waals surface area contributed by atoms with Gasteiger partial charge in [0.25, 0.3) is 0 Å². The molecule has 0 amide bonds. The van der Waals surface area contributed by atoms with Gasteiger partial charge in [0.05, 0.1) is 6.61 Å². The van der Waals surface area contributed by atoms with Gasteiger partial charge in [-0.2, -0.15) is 0 Å². The zero-order valence-corrected chi connectivity index (χ0v) is 12.4. The van der Waals surface area contributed by atoms with E-state index < -0.39 is 0 Å². The molecule has 0 aromatic heterocycles. The predicted molar refractivity (Wildman–Crippen MR) is 78.1 cm³/mol. The molecule has 0 radical (unpaired) electrons. The monoisotopic (exact) mass is 249 g/mol. The molecule has 0 saturated carbocycles. The van der Waals surface area contributed by atoms with Gasteiger partial charge in [-0.15, -0.1) is 0 Å². The summed E-state index contributed by atoms with van der Waals surface area (Å²) in [5.41, 5.74) is 8.56. The normalized spacial score (nSPS) is 13.1. The molecule has 0 spiro atoms. The Balaban J connectivity index is 2.97. The molecule has 0 aliphatic rings. The molecule has 1 unspecified atom stereocenters. The van der Waals surface area contributed by atoms with E-state index in [1.165, 1.54) is 11.1 Å². The lowest BCUT2D eigenvalue weighted by atomic mass is 9.96. The van der Waals surface area contributed by atoms with Crippen LogP contribution in [0.15, 0.2) is 18.2 Å². The number of ether oxygens (including phenoxy) is 1. The first-order valence-electron chi connectivity index (χ1n) is 6.97. The topological polar surface area (TPSA) is 35.2 Å². The zero-order chi connectivity index (χ0) is 13.7. The first-order chi connectivity index (χ1) is 8.45. The standard InChI is InChI=1S/C16H27NO/c1-6-15(17)13-7-8-16(18-10-11(2)3)14(9-13)12(4)5/h7-9,11-12,15H,6,10,17H2,1-5H3. The minimum Gasteiger partial charge on any atom is -0.493 e. The number of benzene rings is 1. The quantitative estimate of drug-likeness (QED) is 0.817. The van der Waals surface area contributed by atoms with Crippen molar-refractivity contribution in [2.75, 3.05) is 6.61 Å². The van der Waals surface area contributed by atoms with Crippen molar-refractivity contribution in [3.8, 4) is 5.75 Å². The Morgan fingerprint density at radius 2 is 1.83 bits per heavy atom. The Hall–Kier alpha value is -1.02. The smallest absolute Gasteiger partial charge is 0.122 e. The van der Waals surface area contributed by atoms with Crippen LogP contribution in [-0.4, -0.2) is 6.61 Å². The van der Waals surface area contributed by atoms with Crippen molar-refractivity contribution in [1.29, 1.82) is 0 Å². The third kappa shape index (κ3) is 4.02. The molecule has 2 N–H and O–H groups in total. The second-order valence-corrected chi connectivity index (χ2v) is 5.67. The zero-order valence-electron chi connectivity index (χ0n) is 12.4. The highest BCUT2D eigenvalue weighted by molar-refractivity contribution is 5.40. The summed E-state index contributed by atoms with van der Waals surface area (Å²) < 4.78 is 5.89. The van der Waals surface area contributed by atoms with Crippen molar-refractivity contribution in [2.45, 2.75) is 53.0 Å². The van der Waals surface area contributed by atoms with Crippen molar-refractivity contribution in [3.05, 3.63) is 29.3 Å². The van der Waals surface area contributed by atoms with E-state index >= 15 is 0 Å². The molecule has 1 aromatic carbocycles. The Morgan fingerprint density at radius 3 is 2.33 bits per heavy atom. The molecular formula is C16H27NO. The fourth-order valence-electron chi connectivity index (χ4n) is 1.87. The summed E-state index contributed by atoms with van der Waals surface area (Å²) in [5.74, 6) is 2.00. The lowest BCUT2D eigenvalue weighted by Crippen LogP contribution is -2.11. The SMILES string of the molecule is CCC(N)c1ccc(OCC(C)C)c(C(C)C)c1. The van der Waals surface area contributed by atoms with Crippen molar-refractivity contribution in [2.24, 2.45) is 11.7 Å². The maximum Gasteiger partial charge on any atom is 0.122 e. The fraction of sp³-hybridized carbons (Fsp3) is 0.625. The van der Waals surface area contributed by atoms with E-state index in [2.05, 4.69) is 52.8 Å². The van der Waals surface area contributed by atoms with Gasteiger partial charge in [-0.05, 0) is 35.4 Å². The number of nitrogens with two attached hydrogens (primary N) is 1. The molecule has 1 atom stereocenters. The van der Waals surface area contributed by atoms with Crippen LogP contribution < -0.4 is 10.5 Å². The molecule has 102 valence electrons. The third-order valence-electron chi connectivity index (χ3n) is 3.10. The van der Waals surface area contributed by atoms with E-state index in [9.17, 15) is 0 Å². The van der Waals surface area contributed by atoms with E-state index in [-0.39, 0.29) is 6.04 Å². The van der Waals surface area contributed by atoms with Gasteiger partial charge >= 0.3 is 0 Å². The second-order valence-electron chi connectivity index (χ2n) is 5.67. The number of hydrogen-bond donors (Lipinski definition) is 1. The van der Waals surface area contributed by atoms with Crippen LogP contribution in [0.4, 0.5) is 0 Å². The number of hydrogen-bond acceptors (Lipinski definition) is 2. The van der Waals surface area contributed by atoms with Crippen molar-refractivity contribution >= 4 is 0 Å². The van der Waals surface area contributed by atoms with E-state index in [1.807, 2.05) is 0 Å². The molecule has 1 rings (SSSR count). The Bertz CT molecular complexity index is 371. The van der Waals surface area contributed by atoms with Crippen LogP contribution >= 0.6 is 0 Å². The first-order valence-corrected chi connectivity index (χ1v) is 6.97. The molecule has 18 heavy (non-hydrogen) atoms. The summed E-state index contributed by atoms with van der Waals surface area (Å²) in [5, 5.41) is 0. The second kappa shape index (κ2) is 6.79. The molecule has 0 aliphatic heterocycles. The third-order valence-corrected chi connectivity index (χ3v) is 3.10. The molecule has 0 aliphatic carbocycles. The average molecular weight is 249 g/mol. The highest BCUT2D eigenvalue weighted by Gasteiger charge is 2.12. The summed E-state index contributed by atoms with van der Waals surface area (Å²) in [6, 6.07) is 6.49. The lowest BCUT2D eigenvalue weighted by molar-refractivity contribution is 0.267. The van der Waals surface area contributed by atoms with Gasteiger partial charge in [-0.25, -0.2) is 0 Å². The van der Waals surface area contributed by atoms with E-state index in [0.717, 1.165) is 18.8 Å². The summed E-state index contributed by atoms with van der Waals surface area (Å²) in [6.45, 7) is 11.6. The van der Waals surface area contributed by atoms with E-state index in [4.69, 9.17) is 10.5 Å². The van der Waals surface area contributed by atoms with Crippen LogP contribution in [-0.2, 0) is 0 Å². The van der Waals surface area contributed by atoms with Crippen LogP contribution in [0, 0.1) is 5.92 Å². The van der Waals surface area contributed by atoms with Crippen LogP contribution in [0.1, 0.15) is 64.1 Å². The minimum atomic E-state index is 0.127. The predicted octanol–water partition coefficient (Wildman–Crippen LogP) is 4.25. The molecule has 1 aromatic rings. The molecule has 0 heterocycles. The lowest BCUT2D eigenvalue weighted by Gasteiger charge is -2.18. The summed E-state index contributed by atoms with van der Waals surface area (Å²) >= 11 is 0. The van der Waals surface area contributed by atoms with Crippen LogP contribution in [0.5, 0.6) is 5.75 Å². The molecular weight excluding hydrogens is 222 g/mol. The number of rotatable bonds is 6.